The molecule has 1 aromatic heterocycles. The van der Waals surface area contributed by atoms with Crippen LogP contribution in [0.4, 0.5) is 0 Å². The van der Waals surface area contributed by atoms with Crippen LogP contribution in [0.2, 0.25) is 0 Å². The maximum Gasteiger partial charge on any atom is 0.191 e. The van der Waals surface area contributed by atoms with Crippen LogP contribution in [-0.4, -0.2) is 43.8 Å². The highest BCUT2D eigenvalue weighted by molar-refractivity contribution is 14.0. The van der Waals surface area contributed by atoms with Gasteiger partial charge in [-0.15, -0.1) is 35.3 Å². The first-order valence-electron chi connectivity index (χ1n) is 8.12. The van der Waals surface area contributed by atoms with E-state index in [0.29, 0.717) is 19.1 Å². The van der Waals surface area contributed by atoms with Crippen LogP contribution < -0.4 is 10.6 Å². The first kappa shape index (κ1) is 22.6. The van der Waals surface area contributed by atoms with Crippen molar-refractivity contribution >= 4 is 41.3 Å². The number of halogens is 1. The normalized spacial score (nSPS) is 11.4. The van der Waals surface area contributed by atoms with Gasteiger partial charge < -0.3 is 15.4 Å². The molecule has 5 nitrogen and oxygen atoms in total. The van der Waals surface area contributed by atoms with Crippen LogP contribution >= 0.6 is 35.3 Å². The minimum atomic E-state index is 0. The second-order valence-electron chi connectivity index (χ2n) is 5.59. The Balaban J connectivity index is 0.00000484. The monoisotopic (exact) mass is 454 g/mol. The van der Waals surface area contributed by atoms with E-state index in [1.54, 1.807) is 11.3 Å². The van der Waals surface area contributed by atoms with Gasteiger partial charge in [0.05, 0.1) is 23.9 Å². The van der Waals surface area contributed by atoms with E-state index >= 15 is 0 Å². The summed E-state index contributed by atoms with van der Waals surface area (Å²) in [6.45, 7) is 12.4. The number of nitrogens with one attached hydrogen (secondary N) is 2. The van der Waals surface area contributed by atoms with Gasteiger partial charge in [0.2, 0.25) is 0 Å². The van der Waals surface area contributed by atoms with Gasteiger partial charge in [-0.05, 0) is 26.2 Å². The maximum absolute atomic E-state index is 5.58. The van der Waals surface area contributed by atoms with E-state index < -0.39 is 0 Å². The standard InChI is InChI=1S/C16H30N4OS.HI/c1-5-17-16(19-9-11-21-10-7-13(2)3)18-8-6-15-12-22-14(4)20-15;/h12-13H,5-11H2,1-4H3,(H2,17,18,19);1H. The third kappa shape index (κ3) is 11.7. The molecular weight excluding hydrogens is 423 g/mol. The highest BCUT2D eigenvalue weighted by atomic mass is 127. The first-order chi connectivity index (χ1) is 10.6. The van der Waals surface area contributed by atoms with E-state index in [0.717, 1.165) is 49.2 Å². The van der Waals surface area contributed by atoms with Gasteiger partial charge in [0, 0.05) is 31.5 Å². The first-order valence-corrected chi connectivity index (χ1v) is 9.00. The topological polar surface area (TPSA) is 58.5 Å². The van der Waals surface area contributed by atoms with Crippen molar-refractivity contribution in [1.82, 2.24) is 15.6 Å². The molecule has 0 spiro atoms. The Morgan fingerprint density at radius 3 is 2.74 bits per heavy atom. The average Bonchev–Trinajstić information content (AvgIpc) is 2.88. The Labute approximate surface area is 161 Å². The Morgan fingerprint density at radius 1 is 1.35 bits per heavy atom. The highest BCUT2D eigenvalue weighted by Gasteiger charge is 2.00. The van der Waals surface area contributed by atoms with Crippen molar-refractivity contribution in [2.75, 3.05) is 32.8 Å². The van der Waals surface area contributed by atoms with Gasteiger partial charge >= 0.3 is 0 Å². The zero-order valence-corrected chi connectivity index (χ0v) is 17.9. The fourth-order valence-corrected chi connectivity index (χ4v) is 2.46. The summed E-state index contributed by atoms with van der Waals surface area (Å²) in [7, 11) is 0. The van der Waals surface area contributed by atoms with E-state index in [1.165, 1.54) is 0 Å². The Bertz CT molecular complexity index is 437. The summed E-state index contributed by atoms with van der Waals surface area (Å²) < 4.78 is 5.58. The summed E-state index contributed by atoms with van der Waals surface area (Å²) in [5.41, 5.74) is 1.14. The van der Waals surface area contributed by atoms with Gasteiger partial charge in [0.15, 0.2) is 5.96 Å². The largest absolute Gasteiger partial charge is 0.380 e. The molecule has 23 heavy (non-hydrogen) atoms. The van der Waals surface area contributed by atoms with Crippen molar-refractivity contribution in [3.8, 4) is 0 Å². The molecule has 1 aromatic rings. The number of nitrogens with zero attached hydrogens (tertiary/aromatic N) is 2. The second kappa shape index (κ2) is 14.0. The van der Waals surface area contributed by atoms with E-state index in [1.807, 2.05) is 6.92 Å². The maximum atomic E-state index is 5.58. The van der Waals surface area contributed by atoms with E-state index in [-0.39, 0.29) is 24.0 Å². The zero-order valence-electron chi connectivity index (χ0n) is 14.7. The molecule has 0 unspecified atom stereocenters. The molecule has 0 amide bonds. The quantitative estimate of drug-likeness (QED) is 0.247. The van der Waals surface area contributed by atoms with Gasteiger partial charge in [0.1, 0.15) is 0 Å². The predicted molar refractivity (Wildman–Crippen MR) is 110 cm³/mol. The molecular formula is C16H31IN4OS. The van der Waals surface area contributed by atoms with E-state index in [9.17, 15) is 0 Å². The van der Waals surface area contributed by atoms with Crippen LogP contribution in [0.1, 0.15) is 37.9 Å². The third-order valence-corrected chi connectivity index (χ3v) is 3.85. The number of rotatable bonds is 10. The Morgan fingerprint density at radius 2 is 2.13 bits per heavy atom. The molecule has 0 bridgehead atoms. The summed E-state index contributed by atoms with van der Waals surface area (Å²) in [5, 5.41) is 9.82. The summed E-state index contributed by atoms with van der Waals surface area (Å²) in [6.07, 6.45) is 2.02. The van der Waals surface area contributed by atoms with Crippen LogP contribution in [0, 0.1) is 12.8 Å². The van der Waals surface area contributed by atoms with Crippen LogP contribution in [0.3, 0.4) is 0 Å². The van der Waals surface area contributed by atoms with Gasteiger partial charge in [-0.2, -0.15) is 0 Å². The SMILES string of the molecule is CCNC(=NCCOCCC(C)C)NCCc1csc(C)n1.I. The lowest BCUT2D eigenvalue weighted by Crippen LogP contribution is -2.38. The van der Waals surface area contributed by atoms with Crippen LogP contribution in [0.25, 0.3) is 0 Å². The Hall–Kier alpha value is -0.410. The molecule has 0 aliphatic carbocycles. The smallest absolute Gasteiger partial charge is 0.191 e. The van der Waals surface area contributed by atoms with Crippen molar-refractivity contribution in [3.63, 3.8) is 0 Å². The van der Waals surface area contributed by atoms with E-state index in [2.05, 4.69) is 46.8 Å². The minimum absolute atomic E-state index is 0. The molecule has 0 aliphatic heterocycles. The predicted octanol–water partition coefficient (Wildman–Crippen LogP) is 3.23. The van der Waals surface area contributed by atoms with Crippen molar-refractivity contribution in [1.29, 1.82) is 0 Å². The molecule has 7 heteroatoms. The lowest BCUT2D eigenvalue weighted by molar-refractivity contribution is 0.130. The molecule has 0 radical (unpaired) electrons. The molecule has 0 aromatic carbocycles. The highest BCUT2D eigenvalue weighted by Crippen LogP contribution is 2.07. The van der Waals surface area contributed by atoms with Gasteiger partial charge in [-0.1, -0.05) is 13.8 Å². The molecule has 0 saturated heterocycles. The number of guanidine groups is 1. The minimum Gasteiger partial charge on any atom is -0.380 e. The number of hydrogen-bond acceptors (Lipinski definition) is 4. The zero-order chi connectivity index (χ0) is 16.2. The van der Waals surface area contributed by atoms with E-state index in [4.69, 9.17) is 4.74 Å². The average molecular weight is 454 g/mol. The summed E-state index contributed by atoms with van der Waals surface area (Å²) >= 11 is 1.70. The number of hydrogen-bond donors (Lipinski definition) is 2. The lowest BCUT2D eigenvalue weighted by atomic mass is 10.1. The number of aliphatic imine (C=N–C) groups is 1. The number of ether oxygens (including phenoxy) is 1. The van der Waals surface area contributed by atoms with Crippen LogP contribution in [0.15, 0.2) is 10.4 Å². The Kier molecular flexibility index (Phi) is 13.7. The van der Waals surface area contributed by atoms with Crippen molar-refractivity contribution in [2.45, 2.75) is 40.5 Å². The molecule has 1 heterocycles. The molecule has 0 atom stereocenters. The van der Waals surface area contributed by atoms with Crippen molar-refractivity contribution in [3.05, 3.63) is 16.1 Å². The summed E-state index contributed by atoms with van der Waals surface area (Å²) in [5.74, 6) is 1.54. The van der Waals surface area contributed by atoms with Gasteiger partial charge in [-0.3, -0.25) is 4.99 Å². The molecule has 1 rings (SSSR count). The fraction of sp³-hybridized carbons (Fsp3) is 0.750. The molecule has 0 fully saturated rings. The van der Waals surface area contributed by atoms with Crippen LogP contribution in [0.5, 0.6) is 0 Å². The van der Waals surface area contributed by atoms with Gasteiger partial charge in [0.25, 0.3) is 0 Å². The number of thiazole rings is 1. The fourth-order valence-electron chi connectivity index (χ4n) is 1.82. The van der Waals surface area contributed by atoms with Crippen LogP contribution in [-0.2, 0) is 11.2 Å². The van der Waals surface area contributed by atoms with Crippen molar-refractivity contribution < 1.29 is 4.74 Å². The van der Waals surface area contributed by atoms with Crippen molar-refractivity contribution in [2.24, 2.45) is 10.9 Å². The van der Waals surface area contributed by atoms with Gasteiger partial charge in [-0.25, -0.2) is 4.98 Å². The number of aromatic nitrogens is 1. The number of aryl methyl sites for hydroxylation is 1. The molecule has 0 saturated carbocycles. The second-order valence-corrected chi connectivity index (χ2v) is 6.65. The molecule has 2 N–H and O–H groups in total. The molecule has 0 aliphatic rings. The summed E-state index contributed by atoms with van der Waals surface area (Å²) in [6, 6.07) is 0. The third-order valence-electron chi connectivity index (χ3n) is 3.03. The molecule has 134 valence electrons. The lowest BCUT2D eigenvalue weighted by Gasteiger charge is -2.11. The summed E-state index contributed by atoms with van der Waals surface area (Å²) in [4.78, 5) is 8.98.